The minimum atomic E-state index is -4.52. The first kappa shape index (κ1) is 27.6. The van der Waals surface area contributed by atoms with E-state index < -0.39 is 23.6 Å². The lowest BCUT2D eigenvalue weighted by Gasteiger charge is -2.36. The molecule has 2 amide bonds. The molecule has 41 heavy (non-hydrogen) atoms. The van der Waals surface area contributed by atoms with Crippen molar-refractivity contribution in [3.63, 3.8) is 0 Å². The number of hydrogen-bond donors (Lipinski definition) is 1. The maximum atomic E-state index is 13.7. The number of nitrogens with zero attached hydrogens (tertiary/aromatic N) is 4. The van der Waals surface area contributed by atoms with Crippen molar-refractivity contribution in [2.75, 3.05) is 41.4 Å². The fourth-order valence-corrected chi connectivity index (χ4v) is 5.56. The van der Waals surface area contributed by atoms with Crippen molar-refractivity contribution in [3.05, 3.63) is 59.2 Å². The first-order valence-corrected chi connectivity index (χ1v) is 13.5. The van der Waals surface area contributed by atoms with Crippen molar-refractivity contribution in [1.29, 1.82) is 0 Å². The highest BCUT2D eigenvalue weighted by Gasteiger charge is 2.41. The van der Waals surface area contributed by atoms with E-state index in [1.54, 1.807) is 23.1 Å². The van der Waals surface area contributed by atoms with Gasteiger partial charge in [-0.15, -0.1) is 0 Å². The summed E-state index contributed by atoms with van der Waals surface area (Å²) in [5, 5.41) is 3.09. The van der Waals surface area contributed by atoms with E-state index >= 15 is 0 Å². The Labute approximate surface area is 239 Å². The lowest BCUT2D eigenvalue weighted by atomic mass is 10.1. The van der Waals surface area contributed by atoms with Gasteiger partial charge in [-0.05, 0) is 44.5 Å². The summed E-state index contributed by atoms with van der Waals surface area (Å²) in [5.41, 5.74) is 0.665. The van der Waals surface area contributed by atoms with Gasteiger partial charge in [0.2, 0.25) is 5.88 Å². The van der Waals surface area contributed by atoms with E-state index in [2.05, 4.69) is 20.2 Å². The molecule has 2 fully saturated rings. The Bertz CT molecular complexity index is 1490. The average molecular weight is 590 g/mol. The summed E-state index contributed by atoms with van der Waals surface area (Å²) in [6.07, 6.45) is -2.55. The lowest BCUT2D eigenvalue weighted by Crippen LogP contribution is -2.48. The van der Waals surface area contributed by atoms with Crippen LogP contribution in [0.5, 0.6) is 5.88 Å². The summed E-state index contributed by atoms with van der Waals surface area (Å²) in [6, 6.07) is 9.11. The smallest absolute Gasteiger partial charge is 0.416 e. The number of pyridine rings is 2. The maximum absolute atomic E-state index is 13.7. The van der Waals surface area contributed by atoms with Crippen LogP contribution in [0.4, 0.5) is 35.2 Å². The quantitative estimate of drug-likeness (QED) is 0.392. The zero-order valence-corrected chi connectivity index (χ0v) is 23.0. The molecule has 2 aromatic heterocycles. The van der Waals surface area contributed by atoms with Gasteiger partial charge in [-0.25, -0.2) is 14.8 Å². The summed E-state index contributed by atoms with van der Waals surface area (Å²) in [6.45, 7) is 5.57. The van der Waals surface area contributed by atoms with Crippen molar-refractivity contribution in [2.24, 2.45) is 0 Å². The minimum Gasteiger partial charge on any atom is -0.475 e. The highest BCUT2D eigenvalue weighted by molar-refractivity contribution is 6.33. The van der Waals surface area contributed by atoms with Crippen LogP contribution in [0.3, 0.4) is 0 Å². The van der Waals surface area contributed by atoms with Crippen LogP contribution in [0.15, 0.2) is 48.7 Å². The molecule has 3 aliphatic rings. The zero-order chi connectivity index (χ0) is 28.9. The zero-order valence-electron chi connectivity index (χ0n) is 22.2. The van der Waals surface area contributed by atoms with E-state index in [0.717, 1.165) is 12.1 Å². The Kier molecular flexibility index (Phi) is 6.95. The molecule has 9 nitrogen and oxygen atoms in total. The number of nitrogens with one attached hydrogen (secondary N) is 1. The molecule has 3 aromatic rings. The third-order valence-corrected chi connectivity index (χ3v) is 7.47. The molecule has 1 aromatic carbocycles. The Hall–Kier alpha value is -3.61. The van der Waals surface area contributed by atoms with Crippen molar-refractivity contribution in [2.45, 2.75) is 44.4 Å². The molecule has 13 heteroatoms. The standard InChI is InChI=1S/C28H27ClF3N5O4/c1-27(2)40-15-20(41-27)14-39-23-11-18(6-8-33-23)34-26(38)37-19-7-9-36(13-19)22-12-21(29)24(35-25(22)37)16-4-3-5-17(10-16)28(30,31)32/h3-6,8,10-12,19-20H,7,9,13-15H2,1-2H3,(H,33,34,38)/t19?,20-/m1/s1. The number of urea groups is 1. The van der Waals surface area contributed by atoms with Gasteiger partial charge in [0.15, 0.2) is 11.6 Å². The van der Waals surface area contributed by atoms with Crippen molar-refractivity contribution in [3.8, 4) is 17.1 Å². The second-order valence-electron chi connectivity index (χ2n) is 10.6. The summed E-state index contributed by atoms with van der Waals surface area (Å²) in [5.74, 6) is -0.0320. The molecular weight excluding hydrogens is 563 g/mol. The summed E-state index contributed by atoms with van der Waals surface area (Å²) < 4.78 is 57.2. The number of rotatable bonds is 5. The molecule has 1 unspecified atom stereocenters. The molecule has 0 saturated carbocycles. The third kappa shape index (κ3) is 5.64. The Balaban J connectivity index is 1.25. The normalized spacial score (nSPS) is 21.1. The number of ether oxygens (including phenoxy) is 3. The first-order chi connectivity index (χ1) is 19.5. The van der Waals surface area contributed by atoms with E-state index in [1.807, 2.05) is 13.8 Å². The Morgan fingerprint density at radius 3 is 2.83 bits per heavy atom. The van der Waals surface area contributed by atoms with Gasteiger partial charge in [0, 0.05) is 36.6 Å². The largest absolute Gasteiger partial charge is 0.475 e. The molecule has 1 N–H and O–H groups in total. The van der Waals surface area contributed by atoms with Gasteiger partial charge in [0.25, 0.3) is 0 Å². The maximum Gasteiger partial charge on any atom is 0.416 e. The molecule has 216 valence electrons. The summed E-state index contributed by atoms with van der Waals surface area (Å²) >= 11 is 6.54. The van der Waals surface area contributed by atoms with Crippen LogP contribution in [-0.4, -0.2) is 60.2 Å². The Morgan fingerprint density at radius 1 is 1.24 bits per heavy atom. The first-order valence-electron chi connectivity index (χ1n) is 13.1. The fraction of sp³-hybridized carbons (Fsp3) is 0.393. The Morgan fingerprint density at radius 2 is 2.07 bits per heavy atom. The predicted octanol–water partition coefficient (Wildman–Crippen LogP) is 5.98. The molecule has 0 radical (unpaired) electrons. The number of hydrogen-bond acceptors (Lipinski definition) is 7. The van der Waals surface area contributed by atoms with Crippen LogP contribution in [0.2, 0.25) is 5.02 Å². The second-order valence-corrected chi connectivity index (χ2v) is 11.0. The molecule has 2 bridgehead atoms. The highest BCUT2D eigenvalue weighted by atomic mass is 35.5. The molecular formula is C28H27ClF3N5O4. The molecule has 0 spiro atoms. The molecule has 2 saturated heterocycles. The minimum absolute atomic E-state index is 0.165. The fourth-order valence-electron chi connectivity index (χ4n) is 5.30. The van der Waals surface area contributed by atoms with Crippen LogP contribution in [0, 0.1) is 0 Å². The van der Waals surface area contributed by atoms with Gasteiger partial charge in [-0.2, -0.15) is 13.2 Å². The number of carbonyl (C=O) groups excluding carboxylic acids is 1. The van der Waals surface area contributed by atoms with Gasteiger partial charge in [0.05, 0.1) is 34.6 Å². The van der Waals surface area contributed by atoms with Gasteiger partial charge in [-0.3, -0.25) is 4.90 Å². The number of amides is 2. The number of halogens is 4. The molecule has 3 aliphatic heterocycles. The molecule has 5 heterocycles. The van der Waals surface area contributed by atoms with Crippen molar-refractivity contribution < 1.29 is 32.2 Å². The molecule has 2 atom stereocenters. The number of benzene rings is 1. The lowest BCUT2D eigenvalue weighted by molar-refractivity contribution is -0.141. The summed E-state index contributed by atoms with van der Waals surface area (Å²) in [4.78, 5) is 26.2. The van der Waals surface area contributed by atoms with Crippen LogP contribution in [0.1, 0.15) is 25.8 Å². The average Bonchev–Trinajstić information content (AvgIpc) is 3.50. The van der Waals surface area contributed by atoms with Crippen LogP contribution in [-0.2, 0) is 15.7 Å². The highest BCUT2D eigenvalue weighted by Crippen LogP contribution is 2.44. The van der Waals surface area contributed by atoms with Gasteiger partial charge in [-0.1, -0.05) is 23.7 Å². The van der Waals surface area contributed by atoms with Gasteiger partial charge in [0.1, 0.15) is 12.7 Å². The molecule has 6 rings (SSSR count). The van der Waals surface area contributed by atoms with Gasteiger partial charge < -0.3 is 24.4 Å². The number of fused-ring (bicyclic) bond motifs is 4. The van der Waals surface area contributed by atoms with E-state index in [9.17, 15) is 18.0 Å². The topological polar surface area (TPSA) is 89.1 Å². The van der Waals surface area contributed by atoms with Crippen LogP contribution < -0.4 is 19.9 Å². The number of carbonyl (C=O) groups is 1. The predicted molar refractivity (Wildman–Crippen MR) is 146 cm³/mol. The van der Waals surface area contributed by atoms with E-state index in [-0.39, 0.29) is 35.0 Å². The number of alkyl halides is 3. The van der Waals surface area contributed by atoms with Crippen molar-refractivity contribution in [1.82, 2.24) is 9.97 Å². The van der Waals surface area contributed by atoms with Crippen LogP contribution >= 0.6 is 11.6 Å². The van der Waals surface area contributed by atoms with E-state index in [4.69, 9.17) is 25.8 Å². The van der Waals surface area contributed by atoms with Crippen molar-refractivity contribution >= 4 is 34.8 Å². The summed E-state index contributed by atoms with van der Waals surface area (Å²) in [7, 11) is 0. The molecule has 0 aliphatic carbocycles. The van der Waals surface area contributed by atoms with Gasteiger partial charge >= 0.3 is 12.2 Å². The van der Waals surface area contributed by atoms with E-state index in [1.165, 1.54) is 18.3 Å². The van der Waals surface area contributed by atoms with Crippen LogP contribution in [0.25, 0.3) is 11.3 Å². The third-order valence-electron chi connectivity index (χ3n) is 7.19. The monoisotopic (exact) mass is 589 g/mol. The number of aromatic nitrogens is 2. The SMILES string of the molecule is CC1(C)OC[C@@H](COc2cc(NC(=O)N3c4nc(-c5cccc(C(F)(F)F)c5)c(Cl)cc4N4CCC3C4)ccn2)O1. The van der Waals surface area contributed by atoms with E-state index in [0.29, 0.717) is 49.2 Å². The second kappa shape index (κ2) is 10.3. The number of anilines is 3.